The number of carbonyl (C=O) groups excluding carboxylic acids is 2. The van der Waals surface area contributed by atoms with Crippen LogP contribution < -0.4 is 16.4 Å². The fraction of sp³-hybridized carbons (Fsp3) is 0.882. The number of rotatable bonds is 6. The molecule has 0 aromatic carbocycles. The number of amides is 2. The van der Waals surface area contributed by atoms with Gasteiger partial charge in [-0.25, -0.2) is 0 Å². The lowest BCUT2D eigenvalue weighted by atomic mass is 9.70. The predicted molar refractivity (Wildman–Crippen MR) is 89.1 cm³/mol. The van der Waals surface area contributed by atoms with Gasteiger partial charge in [-0.2, -0.15) is 0 Å². The Kier molecular flexibility index (Phi) is 7.33. The molecule has 2 amide bonds. The van der Waals surface area contributed by atoms with E-state index in [9.17, 15) is 9.59 Å². The van der Waals surface area contributed by atoms with Crippen molar-refractivity contribution in [1.82, 2.24) is 10.6 Å². The van der Waals surface area contributed by atoms with Crippen molar-refractivity contribution >= 4 is 11.8 Å². The summed E-state index contributed by atoms with van der Waals surface area (Å²) in [7, 11) is 0. The first-order valence-electron chi connectivity index (χ1n) is 8.56. The van der Waals surface area contributed by atoms with Crippen LogP contribution in [0, 0.1) is 23.7 Å². The predicted octanol–water partition coefficient (Wildman–Crippen LogP) is 1.66. The highest BCUT2D eigenvalue weighted by Gasteiger charge is 2.35. The second kappa shape index (κ2) is 8.51. The SMILES string of the molecule is CC(C)[C@@H]1CC[C@@H](C)C[C@H]1C(=O)NC[C@H](C)NC(=O)[C@@H](C)N. The number of carbonyl (C=O) groups is 2. The minimum absolute atomic E-state index is 0.0973. The fourth-order valence-electron chi connectivity index (χ4n) is 3.31. The van der Waals surface area contributed by atoms with Gasteiger partial charge in [-0.15, -0.1) is 0 Å². The van der Waals surface area contributed by atoms with Crippen LogP contribution >= 0.6 is 0 Å². The molecule has 0 unspecified atom stereocenters. The molecule has 5 heteroatoms. The van der Waals surface area contributed by atoms with Gasteiger partial charge in [0.05, 0.1) is 6.04 Å². The molecular weight excluding hydrogens is 278 g/mol. The molecule has 1 fully saturated rings. The highest BCUT2D eigenvalue weighted by Crippen LogP contribution is 2.37. The summed E-state index contributed by atoms with van der Waals surface area (Å²) in [6.07, 6.45) is 3.32. The van der Waals surface area contributed by atoms with Gasteiger partial charge < -0.3 is 16.4 Å². The Labute approximate surface area is 134 Å². The van der Waals surface area contributed by atoms with Crippen LogP contribution in [0.25, 0.3) is 0 Å². The number of nitrogens with two attached hydrogens (primary N) is 1. The summed E-state index contributed by atoms with van der Waals surface area (Å²) >= 11 is 0. The number of nitrogens with one attached hydrogen (secondary N) is 2. The molecule has 22 heavy (non-hydrogen) atoms. The van der Waals surface area contributed by atoms with Gasteiger partial charge in [0.1, 0.15) is 0 Å². The molecule has 0 aliphatic heterocycles. The first kappa shape index (κ1) is 18.9. The van der Waals surface area contributed by atoms with Crippen LogP contribution in [-0.2, 0) is 9.59 Å². The summed E-state index contributed by atoms with van der Waals surface area (Å²) in [5, 5.41) is 5.81. The molecule has 1 aliphatic rings. The second-order valence-electron chi connectivity index (χ2n) is 7.38. The molecule has 5 atom stereocenters. The Bertz CT molecular complexity index is 382. The van der Waals surface area contributed by atoms with E-state index in [0.717, 1.165) is 12.8 Å². The molecule has 0 radical (unpaired) electrons. The molecule has 5 nitrogen and oxygen atoms in total. The zero-order chi connectivity index (χ0) is 16.9. The second-order valence-corrected chi connectivity index (χ2v) is 7.38. The molecule has 1 rings (SSSR count). The van der Waals surface area contributed by atoms with Gasteiger partial charge in [-0.1, -0.05) is 27.2 Å². The van der Waals surface area contributed by atoms with Gasteiger partial charge in [0, 0.05) is 18.5 Å². The van der Waals surface area contributed by atoms with E-state index in [-0.39, 0.29) is 23.8 Å². The van der Waals surface area contributed by atoms with Crippen molar-refractivity contribution in [3.63, 3.8) is 0 Å². The lowest BCUT2D eigenvalue weighted by Crippen LogP contribution is -2.49. The minimum atomic E-state index is -0.525. The Morgan fingerprint density at radius 2 is 1.82 bits per heavy atom. The average molecular weight is 311 g/mol. The molecule has 1 saturated carbocycles. The number of hydrogen-bond donors (Lipinski definition) is 3. The summed E-state index contributed by atoms with van der Waals surface area (Å²) in [5.74, 6) is 1.64. The molecule has 1 aliphatic carbocycles. The average Bonchev–Trinajstić information content (AvgIpc) is 2.44. The molecule has 128 valence electrons. The Balaban J connectivity index is 2.50. The number of hydrogen-bond acceptors (Lipinski definition) is 3. The zero-order valence-electron chi connectivity index (χ0n) is 14.7. The Morgan fingerprint density at radius 1 is 1.18 bits per heavy atom. The van der Waals surface area contributed by atoms with E-state index in [1.807, 2.05) is 6.92 Å². The minimum Gasteiger partial charge on any atom is -0.354 e. The van der Waals surface area contributed by atoms with Crippen LogP contribution in [0.2, 0.25) is 0 Å². The summed E-state index contributed by atoms with van der Waals surface area (Å²) in [5.41, 5.74) is 5.52. The van der Waals surface area contributed by atoms with E-state index in [4.69, 9.17) is 5.73 Å². The van der Waals surface area contributed by atoms with Gasteiger partial charge >= 0.3 is 0 Å². The third-order valence-electron chi connectivity index (χ3n) is 4.74. The van der Waals surface area contributed by atoms with Crippen molar-refractivity contribution in [3.8, 4) is 0 Å². The highest BCUT2D eigenvalue weighted by molar-refractivity contribution is 5.81. The fourth-order valence-corrected chi connectivity index (χ4v) is 3.31. The molecular formula is C17H33N3O2. The van der Waals surface area contributed by atoms with Crippen molar-refractivity contribution in [2.75, 3.05) is 6.54 Å². The van der Waals surface area contributed by atoms with E-state index < -0.39 is 6.04 Å². The van der Waals surface area contributed by atoms with Crippen molar-refractivity contribution < 1.29 is 9.59 Å². The quantitative estimate of drug-likeness (QED) is 0.697. The topological polar surface area (TPSA) is 84.2 Å². The Morgan fingerprint density at radius 3 is 2.36 bits per heavy atom. The zero-order valence-corrected chi connectivity index (χ0v) is 14.7. The van der Waals surface area contributed by atoms with Crippen LogP contribution in [0.15, 0.2) is 0 Å². The van der Waals surface area contributed by atoms with Crippen molar-refractivity contribution in [2.24, 2.45) is 29.4 Å². The van der Waals surface area contributed by atoms with Crippen molar-refractivity contribution in [2.45, 2.75) is 66.0 Å². The van der Waals surface area contributed by atoms with Crippen molar-refractivity contribution in [1.29, 1.82) is 0 Å². The van der Waals surface area contributed by atoms with E-state index in [2.05, 4.69) is 31.4 Å². The monoisotopic (exact) mass is 311 g/mol. The first-order chi connectivity index (χ1) is 10.2. The van der Waals surface area contributed by atoms with Crippen LogP contribution in [0.5, 0.6) is 0 Å². The summed E-state index contributed by atoms with van der Waals surface area (Å²) in [6, 6.07) is -0.636. The van der Waals surface area contributed by atoms with E-state index >= 15 is 0 Å². The van der Waals surface area contributed by atoms with Crippen molar-refractivity contribution in [3.05, 3.63) is 0 Å². The maximum Gasteiger partial charge on any atom is 0.236 e. The standard InChI is InChI=1S/C17H33N3O2/c1-10(2)14-7-6-11(3)8-15(14)17(22)19-9-12(4)20-16(21)13(5)18/h10-15H,6-9,18H2,1-5H3,(H,19,22)(H,20,21)/t11-,12+,13-,14+,15-/m1/s1. The van der Waals surface area contributed by atoms with Gasteiger partial charge in [0.15, 0.2) is 0 Å². The molecule has 0 aromatic heterocycles. The van der Waals surface area contributed by atoms with Gasteiger partial charge in [0.2, 0.25) is 11.8 Å². The van der Waals surface area contributed by atoms with Crippen LogP contribution in [-0.4, -0.2) is 30.4 Å². The summed E-state index contributed by atoms with van der Waals surface area (Å²) < 4.78 is 0. The third kappa shape index (κ3) is 5.59. The van der Waals surface area contributed by atoms with Gasteiger partial charge in [-0.3, -0.25) is 9.59 Å². The molecule has 0 saturated heterocycles. The van der Waals surface area contributed by atoms with Crippen LogP contribution in [0.1, 0.15) is 53.9 Å². The lowest BCUT2D eigenvalue weighted by Gasteiger charge is -2.36. The molecule has 0 aromatic rings. The highest BCUT2D eigenvalue weighted by atomic mass is 16.2. The van der Waals surface area contributed by atoms with Gasteiger partial charge in [-0.05, 0) is 44.4 Å². The smallest absolute Gasteiger partial charge is 0.236 e. The van der Waals surface area contributed by atoms with Crippen LogP contribution in [0.3, 0.4) is 0 Å². The molecule has 0 heterocycles. The summed E-state index contributed by atoms with van der Waals surface area (Å²) in [4.78, 5) is 24.1. The maximum atomic E-state index is 12.5. The lowest BCUT2D eigenvalue weighted by molar-refractivity contribution is -0.129. The van der Waals surface area contributed by atoms with E-state index in [1.54, 1.807) is 6.92 Å². The molecule has 0 bridgehead atoms. The van der Waals surface area contributed by atoms with Gasteiger partial charge in [0.25, 0.3) is 0 Å². The van der Waals surface area contributed by atoms with Crippen LogP contribution in [0.4, 0.5) is 0 Å². The molecule has 4 N–H and O–H groups in total. The first-order valence-corrected chi connectivity index (χ1v) is 8.56. The summed E-state index contributed by atoms with van der Waals surface area (Å²) in [6.45, 7) is 10.6. The van der Waals surface area contributed by atoms with E-state index in [1.165, 1.54) is 6.42 Å². The normalized spacial score (nSPS) is 28.0. The largest absolute Gasteiger partial charge is 0.354 e. The Hall–Kier alpha value is -1.10. The van der Waals surface area contributed by atoms with E-state index in [0.29, 0.717) is 24.3 Å². The molecule has 0 spiro atoms. The third-order valence-corrected chi connectivity index (χ3v) is 4.74. The maximum absolute atomic E-state index is 12.5.